The van der Waals surface area contributed by atoms with Crippen molar-refractivity contribution in [2.45, 2.75) is 45.1 Å². The summed E-state index contributed by atoms with van der Waals surface area (Å²) in [4.78, 5) is 14.0. The molecule has 2 saturated heterocycles. The number of hydrogen-bond acceptors (Lipinski definition) is 6. The number of aryl methyl sites for hydroxylation is 1. The fourth-order valence-electron chi connectivity index (χ4n) is 5.04. The lowest BCUT2D eigenvalue weighted by molar-refractivity contribution is 0.138. The molecule has 2 aromatic rings. The highest BCUT2D eigenvalue weighted by Gasteiger charge is 2.33. The Kier molecular flexibility index (Phi) is 5.75. The SMILES string of the molecule is CCCc1cnc(N2CCC(C3Cc4cc(N5CCNCC5)ccc4O3)CC2)nc1. The molecule has 0 spiro atoms. The third-order valence-corrected chi connectivity index (χ3v) is 6.80. The van der Waals surface area contributed by atoms with Crippen LogP contribution in [0.1, 0.15) is 37.3 Å². The zero-order chi connectivity index (χ0) is 20.3. The van der Waals surface area contributed by atoms with Crippen LogP contribution in [0.15, 0.2) is 30.6 Å². The van der Waals surface area contributed by atoms with Gasteiger partial charge >= 0.3 is 0 Å². The van der Waals surface area contributed by atoms with Crippen LogP contribution in [-0.4, -0.2) is 55.3 Å². The minimum absolute atomic E-state index is 0.313. The van der Waals surface area contributed by atoms with Gasteiger partial charge in [0.05, 0.1) is 0 Å². The molecule has 0 amide bonds. The van der Waals surface area contributed by atoms with Gasteiger partial charge in [-0.3, -0.25) is 0 Å². The molecule has 5 rings (SSSR count). The first-order valence-corrected chi connectivity index (χ1v) is 11.6. The van der Waals surface area contributed by atoms with Gasteiger partial charge in [0.2, 0.25) is 5.95 Å². The van der Waals surface area contributed by atoms with E-state index < -0.39 is 0 Å². The van der Waals surface area contributed by atoms with Gasteiger partial charge in [-0.2, -0.15) is 0 Å². The summed E-state index contributed by atoms with van der Waals surface area (Å²) in [5.74, 6) is 2.58. The van der Waals surface area contributed by atoms with Gasteiger partial charge in [-0.15, -0.1) is 0 Å². The van der Waals surface area contributed by atoms with E-state index in [-0.39, 0.29) is 0 Å². The van der Waals surface area contributed by atoms with Crippen molar-refractivity contribution in [3.8, 4) is 5.75 Å². The number of piperidine rings is 1. The lowest BCUT2D eigenvalue weighted by Crippen LogP contribution is -2.43. The van der Waals surface area contributed by atoms with Crippen LogP contribution in [0.3, 0.4) is 0 Å². The molecule has 1 aromatic carbocycles. The third kappa shape index (κ3) is 4.10. The molecule has 1 N–H and O–H groups in total. The van der Waals surface area contributed by atoms with E-state index in [4.69, 9.17) is 4.74 Å². The number of benzene rings is 1. The van der Waals surface area contributed by atoms with E-state index in [1.807, 2.05) is 12.4 Å². The highest BCUT2D eigenvalue weighted by atomic mass is 16.5. The van der Waals surface area contributed by atoms with Crippen LogP contribution in [0.4, 0.5) is 11.6 Å². The van der Waals surface area contributed by atoms with E-state index in [0.29, 0.717) is 12.0 Å². The molecule has 1 atom stereocenters. The van der Waals surface area contributed by atoms with Crippen molar-refractivity contribution >= 4 is 11.6 Å². The van der Waals surface area contributed by atoms with Crippen LogP contribution >= 0.6 is 0 Å². The van der Waals surface area contributed by atoms with Crippen LogP contribution < -0.4 is 19.9 Å². The average molecular weight is 408 g/mol. The molecule has 1 aromatic heterocycles. The molecule has 3 aliphatic rings. The molecule has 6 heteroatoms. The number of fused-ring (bicyclic) bond motifs is 1. The first-order valence-electron chi connectivity index (χ1n) is 11.6. The largest absolute Gasteiger partial charge is 0.490 e. The summed E-state index contributed by atoms with van der Waals surface area (Å²) in [6, 6.07) is 6.78. The molecule has 30 heavy (non-hydrogen) atoms. The third-order valence-electron chi connectivity index (χ3n) is 6.80. The van der Waals surface area contributed by atoms with E-state index in [9.17, 15) is 0 Å². The lowest BCUT2D eigenvalue weighted by Gasteiger charge is -2.34. The molecule has 2 fully saturated rings. The van der Waals surface area contributed by atoms with Crippen molar-refractivity contribution in [2.75, 3.05) is 49.1 Å². The molecule has 3 aliphatic heterocycles. The van der Waals surface area contributed by atoms with Crippen LogP contribution in [0.25, 0.3) is 0 Å². The smallest absolute Gasteiger partial charge is 0.225 e. The Morgan fingerprint density at radius 2 is 1.80 bits per heavy atom. The maximum atomic E-state index is 6.39. The van der Waals surface area contributed by atoms with Crippen LogP contribution in [-0.2, 0) is 12.8 Å². The number of aromatic nitrogens is 2. The number of nitrogens with one attached hydrogen (secondary N) is 1. The first kappa shape index (κ1) is 19.6. The Hall–Kier alpha value is -2.34. The summed E-state index contributed by atoms with van der Waals surface area (Å²) in [6.45, 7) is 8.53. The number of piperazine rings is 1. The molecule has 0 bridgehead atoms. The predicted octanol–water partition coefficient (Wildman–Crippen LogP) is 3.06. The number of rotatable bonds is 5. The van der Waals surface area contributed by atoms with Crippen molar-refractivity contribution in [1.29, 1.82) is 0 Å². The van der Waals surface area contributed by atoms with Gasteiger partial charge in [0.25, 0.3) is 0 Å². The topological polar surface area (TPSA) is 53.5 Å². The monoisotopic (exact) mass is 407 g/mol. The molecule has 6 nitrogen and oxygen atoms in total. The summed E-state index contributed by atoms with van der Waals surface area (Å²) >= 11 is 0. The van der Waals surface area contributed by atoms with E-state index >= 15 is 0 Å². The zero-order valence-corrected chi connectivity index (χ0v) is 18.0. The van der Waals surface area contributed by atoms with Crippen LogP contribution in [0.5, 0.6) is 5.75 Å². The molecule has 0 aliphatic carbocycles. The lowest BCUT2D eigenvalue weighted by atomic mass is 9.89. The Balaban J connectivity index is 1.17. The molecule has 1 unspecified atom stereocenters. The van der Waals surface area contributed by atoms with E-state index in [1.165, 1.54) is 16.8 Å². The normalized spacial score (nSPS) is 22.1. The Labute approximate surface area is 179 Å². The van der Waals surface area contributed by atoms with Gasteiger partial charge in [-0.25, -0.2) is 9.97 Å². The Bertz CT molecular complexity index is 841. The minimum atomic E-state index is 0.313. The second kappa shape index (κ2) is 8.80. The summed E-state index contributed by atoms with van der Waals surface area (Å²) in [6.07, 6.45) is 9.81. The van der Waals surface area contributed by atoms with Crippen LogP contribution in [0.2, 0.25) is 0 Å². The number of ether oxygens (including phenoxy) is 1. The molecule has 0 saturated carbocycles. The second-order valence-corrected chi connectivity index (χ2v) is 8.86. The molecule has 4 heterocycles. The fourth-order valence-corrected chi connectivity index (χ4v) is 5.04. The van der Waals surface area contributed by atoms with E-state index in [2.05, 4.69) is 50.2 Å². The van der Waals surface area contributed by atoms with Gasteiger partial charge in [0, 0.05) is 63.8 Å². The van der Waals surface area contributed by atoms with Gasteiger partial charge in [0.15, 0.2) is 0 Å². The van der Waals surface area contributed by atoms with Gasteiger partial charge in [-0.05, 0) is 54.5 Å². The predicted molar refractivity (Wildman–Crippen MR) is 121 cm³/mol. The van der Waals surface area contributed by atoms with E-state index in [0.717, 1.165) is 83.1 Å². The van der Waals surface area contributed by atoms with E-state index in [1.54, 1.807) is 0 Å². The van der Waals surface area contributed by atoms with Crippen molar-refractivity contribution in [3.63, 3.8) is 0 Å². The highest BCUT2D eigenvalue weighted by molar-refractivity contribution is 5.55. The molecule has 160 valence electrons. The summed E-state index contributed by atoms with van der Waals surface area (Å²) < 4.78 is 6.39. The first-order chi connectivity index (χ1) is 14.8. The Morgan fingerprint density at radius 3 is 2.53 bits per heavy atom. The minimum Gasteiger partial charge on any atom is -0.490 e. The maximum Gasteiger partial charge on any atom is 0.225 e. The van der Waals surface area contributed by atoms with Crippen molar-refractivity contribution in [3.05, 3.63) is 41.7 Å². The van der Waals surface area contributed by atoms with Crippen LogP contribution in [0, 0.1) is 5.92 Å². The fraction of sp³-hybridized carbons (Fsp3) is 0.583. The number of nitrogens with zero attached hydrogens (tertiary/aromatic N) is 4. The van der Waals surface area contributed by atoms with Crippen molar-refractivity contribution in [2.24, 2.45) is 5.92 Å². The van der Waals surface area contributed by atoms with Gasteiger partial charge < -0.3 is 19.9 Å². The van der Waals surface area contributed by atoms with Gasteiger partial charge in [-0.1, -0.05) is 13.3 Å². The Morgan fingerprint density at radius 1 is 1.03 bits per heavy atom. The quantitative estimate of drug-likeness (QED) is 0.822. The summed E-state index contributed by atoms with van der Waals surface area (Å²) in [7, 11) is 0. The average Bonchev–Trinajstić information content (AvgIpc) is 3.24. The number of anilines is 2. The number of hydrogen-bond donors (Lipinski definition) is 1. The standard InChI is InChI=1S/C24H33N5O/c1-2-3-18-16-26-24(27-17-18)29-10-6-19(7-11-29)23-15-20-14-21(4-5-22(20)30-23)28-12-8-25-9-13-28/h4-5,14,16-17,19,23,25H,2-3,6-13,15H2,1H3. The summed E-state index contributed by atoms with van der Waals surface area (Å²) in [5, 5.41) is 3.43. The highest BCUT2D eigenvalue weighted by Crippen LogP contribution is 2.37. The summed E-state index contributed by atoms with van der Waals surface area (Å²) in [5.41, 5.74) is 3.96. The zero-order valence-electron chi connectivity index (χ0n) is 18.0. The molecular formula is C24H33N5O. The van der Waals surface area contributed by atoms with Gasteiger partial charge in [0.1, 0.15) is 11.9 Å². The van der Waals surface area contributed by atoms with Crippen molar-refractivity contribution in [1.82, 2.24) is 15.3 Å². The molecule has 0 radical (unpaired) electrons. The maximum absolute atomic E-state index is 6.39. The van der Waals surface area contributed by atoms with Crippen molar-refractivity contribution < 1.29 is 4.74 Å². The molecular weight excluding hydrogens is 374 g/mol. The second-order valence-electron chi connectivity index (χ2n) is 8.86.